The molecule has 0 atom stereocenters. The van der Waals surface area contributed by atoms with Gasteiger partial charge in [0.1, 0.15) is 11.5 Å². The molecular formula is C17H19BrINO. The number of benzene rings is 2. The summed E-state index contributed by atoms with van der Waals surface area (Å²) in [6.07, 6.45) is 0. The topological polar surface area (TPSA) is 21.3 Å². The van der Waals surface area contributed by atoms with Gasteiger partial charge in [0, 0.05) is 25.7 Å². The lowest BCUT2D eigenvalue weighted by Crippen LogP contribution is -2.35. The summed E-state index contributed by atoms with van der Waals surface area (Å²) in [5.74, 6) is 1.74. The first-order chi connectivity index (χ1) is 9.83. The molecule has 0 saturated heterocycles. The molecule has 0 fully saturated rings. The van der Waals surface area contributed by atoms with E-state index in [1.54, 1.807) is 0 Å². The van der Waals surface area contributed by atoms with Crippen molar-refractivity contribution in [1.29, 1.82) is 0 Å². The molecule has 0 aromatic heterocycles. The molecule has 0 bridgehead atoms. The molecule has 0 heterocycles. The number of halogens is 2. The van der Waals surface area contributed by atoms with Crippen molar-refractivity contribution in [2.24, 2.45) is 0 Å². The van der Waals surface area contributed by atoms with Crippen LogP contribution in [-0.2, 0) is 6.54 Å². The largest absolute Gasteiger partial charge is 0.457 e. The molecule has 2 rings (SSSR count). The van der Waals surface area contributed by atoms with Crippen LogP contribution in [-0.4, -0.2) is 5.54 Å². The van der Waals surface area contributed by atoms with Crippen molar-refractivity contribution in [3.63, 3.8) is 0 Å². The number of hydrogen-bond donors (Lipinski definition) is 1. The zero-order valence-electron chi connectivity index (χ0n) is 12.4. The Kier molecular flexibility index (Phi) is 5.68. The van der Waals surface area contributed by atoms with Crippen molar-refractivity contribution in [1.82, 2.24) is 5.32 Å². The van der Waals surface area contributed by atoms with Crippen LogP contribution >= 0.6 is 38.5 Å². The van der Waals surface area contributed by atoms with Gasteiger partial charge in [-0.05, 0) is 85.8 Å². The van der Waals surface area contributed by atoms with Crippen LogP contribution in [0.3, 0.4) is 0 Å². The first-order valence-electron chi connectivity index (χ1n) is 6.80. The van der Waals surface area contributed by atoms with E-state index in [2.05, 4.69) is 70.7 Å². The average Bonchev–Trinajstić information content (AvgIpc) is 2.40. The maximum Gasteiger partial charge on any atom is 0.131 e. The standard InChI is InChI=1S/C17H19BrINO/c1-17(2,3)20-11-12-10-13(18)4-9-16(12)21-15-7-5-14(19)6-8-15/h4-10,20H,11H2,1-3H3. The van der Waals surface area contributed by atoms with Gasteiger partial charge in [0.2, 0.25) is 0 Å². The quantitative estimate of drug-likeness (QED) is 0.589. The van der Waals surface area contributed by atoms with E-state index < -0.39 is 0 Å². The summed E-state index contributed by atoms with van der Waals surface area (Å²) in [7, 11) is 0. The first-order valence-corrected chi connectivity index (χ1v) is 8.67. The van der Waals surface area contributed by atoms with E-state index >= 15 is 0 Å². The molecule has 0 spiro atoms. The van der Waals surface area contributed by atoms with Gasteiger partial charge in [-0.2, -0.15) is 0 Å². The molecule has 2 nitrogen and oxygen atoms in total. The molecular weight excluding hydrogens is 441 g/mol. The minimum Gasteiger partial charge on any atom is -0.457 e. The summed E-state index contributed by atoms with van der Waals surface area (Å²) in [5.41, 5.74) is 1.21. The fourth-order valence-electron chi connectivity index (χ4n) is 1.78. The summed E-state index contributed by atoms with van der Waals surface area (Å²) < 4.78 is 8.28. The van der Waals surface area contributed by atoms with Gasteiger partial charge in [0.05, 0.1) is 0 Å². The SMILES string of the molecule is CC(C)(C)NCc1cc(Br)ccc1Oc1ccc(I)cc1. The van der Waals surface area contributed by atoms with Crippen molar-refractivity contribution in [2.75, 3.05) is 0 Å². The Morgan fingerprint density at radius 2 is 1.76 bits per heavy atom. The van der Waals surface area contributed by atoms with E-state index in [1.165, 1.54) is 3.57 Å². The van der Waals surface area contributed by atoms with Crippen LogP contribution in [0.4, 0.5) is 0 Å². The predicted octanol–water partition coefficient (Wildman–Crippen LogP) is 5.73. The molecule has 1 N–H and O–H groups in total. The lowest BCUT2D eigenvalue weighted by Gasteiger charge is -2.21. The monoisotopic (exact) mass is 459 g/mol. The van der Waals surface area contributed by atoms with Crippen LogP contribution in [0.15, 0.2) is 46.9 Å². The van der Waals surface area contributed by atoms with Crippen molar-refractivity contribution < 1.29 is 4.74 Å². The predicted molar refractivity (Wildman–Crippen MR) is 100.0 cm³/mol. The van der Waals surface area contributed by atoms with Gasteiger partial charge in [0.15, 0.2) is 0 Å². The van der Waals surface area contributed by atoms with E-state index in [4.69, 9.17) is 4.74 Å². The minimum atomic E-state index is 0.0719. The second kappa shape index (κ2) is 7.11. The number of ether oxygens (including phenoxy) is 1. The third-order valence-electron chi connectivity index (χ3n) is 2.87. The molecule has 0 unspecified atom stereocenters. The van der Waals surface area contributed by atoms with Gasteiger partial charge < -0.3 is 10.1 Å². The van der Waals surface area contributed by atoms with Gasteiger partial charge in [0.25, 0.3) is 0 Å². The highest BCUT2D eigenvalue weighted by atomic mass is 127. The average molecular weight is 460 g/mol. The fourth-order valence-corrected chi connectivity index (χ4v) is 2.54. The highest BCUT2D eigenvalue weighted by Gasteiger charge is 2.12. The molecule has 0 amide bonds. The lowest BCUT2D eigenvalue weighted by molar-refractivity contribution is 0.414. The van der Waals surface area contributed by atoms with Crippen LogP contribution in [0.2, 0.25) is 0 Å². The van der Waals surface area contributed by atoms with Crippen LogP contribution in [0.25, 0.3) is 0 Å². The Bertz CT molecular complexity index is 605. The van der Waals surface area contributed by atoms with Crippen LogP contribution in [0.1, 0.15) is 26.3 Å². The summed E-state index contributed by atoms with van der Waals surface area (Å²) in [4.78, 5) is 0. The Balaban J connectivity index is 2.20. The van der Waals surface area contributed by atoms with Crippen molar-refractivity contribution in [3.8, 4) is 11.5 Å². The van der Waals surface area contributed by atoms with Crippen LogP contribution < -0.4 is 10.1 Å². The summed E-state index contributed by atoms with van der Waals surface area (Å²) in [6.45, 7) is 7.24. The Morgan fingerprint density at radius 3 is 2.38 bits per heavy atom. The zero-order chi connectivity index (χ0) is 15.5. The Hall–Kier alpha value is -0.590. The van der Waals surface area contributed by atoms with E-state index in [9.17, 15) is 0 Å². The van der Waals surface area contributed by atoms with Gasteiger partial charge in [-0.1, -0.05) is 15.9 Å². The lowest BCUT2D eigenvalue weighted by atomic mass is 10.1. The smallest absolute Gasteiger partial charge is 0.131 e. The van der Waals surface area contributed by atoms with Crippen LogP contribution in [0.5, 0.6) is 11.5 Å². The first kappa shape index (κ1) is 16.8. The van der Waals surface area contributed by atoms with Gasteiger partial charge >= 0.3 is 0 Å². The summed E-state index contributed by atoms with van der Waals surface area (Å²) in [5, 5.41) is 3.50. The highest BCUT2D eigenvalue weighted by Crippen LogP contribution is 2.28. The second-order valence-electron chi connectivity index (χ2n) is 5.91. The summed E-state index contributed by atoms with van der Waals surface area (Å²) >= 11 is 5.82. The number of hydrogen-bond acceptors (Lipinski definition) is 2. The fraction of sp³-hybridized carbons (Fsp3) is 0.294. The molecule has 0 radical (unpaired) electrons. The normalized spacial score (nSPS) is 11.5. The summed E-state index contributed by atoms with van der Waals surface area (Å²) in [6, 6.07) is 14.2. The third-order valence-corrected chi connectivity index (χ3v) is 4.09. The molecule has 0 aliphatic rings. The molecule has 0 aliphatic heterocycles. The molecule has 0 saturated carbocycles. The van der Waals surface area contributed by atoms with Crippen molar-refractivity contribution in [2.45, 2.75) is 32.9 Å². The molecule has 2 aromatic rings. The molecule has 4 heteroatoms. The second-order valence-corrected chi connectivity index (χ2v) is 8.07. The van der Waals surface area contributed by atoms with Gasteiger partial charge in [-0.25, -0.2) is 0 Å². The van der Waals surface area contributed by atoms with Gasteiger partial charge in [-0.3, -0.25) is 0 Å². The van der Waals surface area contributed by atoms with Crippen molar-refractivity contribution in [3.05, 3.63) is 56.1 Å². The number of rotatable bonds is 4. The Labute approximate surface area is 148 Å². The Morgan fingerprint density at radius 1 is 1.10 bits per heavy atom. The minimum absolute atomic E-state index is 0.0719. The van der Waals surface area contributed by atoms with Gasteiger partial charge in [-0.15, -0.1) is 0 Å². The van der Waals surface area contributed by atoms with E-state index in [1.807, 2.05) is 36.4 Å². The number of nitrogens with one attached hydrogen (secondary N) is 1. The van der Waals surface area contributed by atoms with Crippen LogP contribution in [0, 0.1) is 3.57 Å². The maximum atomic E-state index is 6.02. The molecule has 2 aromatic carbocycles. The maximum absolute atomic E-state index is 6.02. The van der Waals surface area contributed by atoms with E-state index in [0.29, 0.717) is 0 Å². The van der Waals surface area contributed by atoms with E-state index in [0.717, 1.165) is 28.1 Å². The molecule has 0 aliphatic carbocycles. The molecule has 21 heavy (non-hydrogen) atoms. The zero-order valence-corrected chi connectivity index (χ0v) is 16.2. The van der Waals surface area contributed by atoms with Crippen molar-refractivity contribution >= 4 is 38.5 Å². The molecule has 112 valence electrons. The third kappa shape index (κ3) is 5.60. The highest BCUT2D eigenvalue weighted by molar-refractivity contribution is 14.1. The van der Waals surface area contributed by atoms with E-state index in [-0.39, 0.29) is 5.54 Å².